The van der Waals surface area contributed by atoms with Gasteiger partial charge in [-0.05, 0) is 37.5 Å². The number of carboxylic acids is 1. The van der Waals surface area contributed by atoms with Gasteiger partial charge in [-0.25, -0.2) is 0 Å². The first kappa shape index (κ1) is 14.4. The van der Waals surface area contributed by atoms with E-state index in [0.717, 1.165) is 25.7 Å². The van der Waals surface area contributed by atoms with Crippen LogP contribution in [0.5, 0.6) is 0 Å². The van der Waals surface area contributed by atoms with Crippen LogP contribution in [0.25, 0.3) is 0 Å². The predicted octanol–water partition coefficient (Wildman–Crippen LogP) is 2.52. The summed E-state index contributed by atoms with van der Waals surface area (Å²) in [5.74, 6) is 0.0522. The Balaban J connectivity index is 2.00. The van der Waals surface area contributed by atoms with Crippen LogP contribution in [0.1, 0.15) is 52.4 Å². The van der Waals surface area contributed by atoms with Gasteiger partial charge in [0, 0.05) is 19.0 Å². The molecule has 19 heavy (non-hydrogen) atoms. The average Bonchev–Trinajstić information content (AvgIpc) is 2.83. The molecule has 1 saturated carbocycles. The molecule has 108 valence electrons. The fourth-order valence-corrected chi connectivity index (χ4v) is 3.66. The second-order valence-corrected chi connectivity index (χ2v) is 6.42. The summed E-state index contributed by atoms with van der Waals surface area (Å²) in [6.45, 7) is 4.89. The molecule has 0 aromatic heterocycles. The monoisotopic (exact) mass is 267 g/mol. The Morgan fingerprint density at radius 3 is 2.63 bits per heavy atom. The summed E-state index contributed by atoms with van der Waals surface area (Å²) in [5, 5.41) is 9.28. The maximum absolute atomic E-state index is 12.3. The number of hydrogen-bond acceptors (Lipinski definition) is 2. The molecule has 1 heterocycles. The Morgan fingerprint density at radius 2 is 2.00 bits per heavy atom. The molecule has 0 radical (unpaired) electrons. The van der Waals surface area contributed by atoms with Gasteiger partial charge in [0.15, 0.2) is 0 Å². The lowest BCUT2D eigenvalue weighted by Crippen LogP contribution is -2.51. The molecule has 3 atom stereocenters. The molecule has 1 saturated heterocycles. The smallest absolute Gasteiger partial charge is 0.306 e. The van der Waals surface area contributed by atoms with E-state index in [4.69, 9.17) is 0 Å². The van der Waals surface area contributed by atoms with E-state index in [1.165, 1.54) is 0 Å². The molecule has 2 aliphatic rings. The van der Waals surface area contributed by atoms with Crippen LogP contribution in [0, 0.1) is 17.8 Å². The summed E-state index contributed by atoms with van der Waals surface area (Å²) in [6.07, 6.45) is 5.18. The van der Waals surface area contributed by atoms with E-state index in [9.17, 15) is 14.7 Å². The van der Waals surface area contributed by atoms with Crippen LogP contribution in [0.4, 0.5) is 0 Å². The second kappa shape index (κ2) is 5.93. The van der Waals surface area contributed by atoms with Crippen molar-refractivity contribution >= 4 is 11.9 Å². The summed E-state index contributed by atoms with van der Waals surface area (Å²) in [4.78, 5) is 25.6. The SMILES string of the molecule is CC(C)CCC(=O)N1CCC(C(=O)O)C2CCCC21. The van der Waals surface area contributed by atoms with Gasteiger partial charge < -0.3 is 10.0 Å². The molecule has 4 nitrogen and oxygen atoms in total. The van der Waals surface area contributed by atoms with Crippen LogP contribution in [-0.2, 0) is 9.59 Å². The first-order valence-corrected chi connectivity index (χ1v) is 7.53. The van der Waals surface area contributed by atoms with Crippen LogP contribution < -0.4 is 0 Å². The molecule has 1 aliphatic heterocycles. The third kappa shape index (κ3) is 3.10. The van der Waals surface area contributed by atoms with Crippen molar-refractivity contribution in [2.75, 3.05) is 6.54 Å². The minimum absolute atomic E-state index is 0.189. The highest BCUT2D eigenvalue weighted by molar-refractivity contribution is 5.77. The van der Waals surface area contributed by atoms with Crippen molar-refractivity contribution in [2.45, 2.75) is 58.4 Å². The molecular weight excluding hydrogens is 242 g/mol. The van der Waals surface area contributed by atoms with Gasteiger partial charge in [0.25, 0.3) is 0 Å². The van der Waals surface area contributed by atoms with Gasteiger partial charge in [-0.3, -0.25) is 9.59 Å². The van der Waals surface area contributed by atoms with Gasteiger partial charge in [0.1, 0.15) is 0 Å². The number of likely N-dealkylation sites (tertiary alicyclic amines) is 1. The van der Waals surface area contributed by atoms with Gasteiger partial charge >= 0.3 is 5.97 Å². The minimum atomic E-state index is -0.675. The summed E-state index contributed by atoms with van der Waals surface area (Å²) >= 11 is 0. The van der Waals surface area contributed by atoms with Crippen molar-refractivity contribution in [1.29, 1.82) is 0 Å². The zero-order valence-corrected chi connectivity index (χ0v) is 12.0. The molecule has 0 bridgehead atoms. The highest BCUT2D eigenvalue weighted by Gasteiger charge is 2.45. The number of amides is 1. The van der Waals surface area contributed by atoms with Crippen molar-refractivity contribution in [3.8, 4) is 0 Å². The molecule has 2 rings (SSSR count). The third-order valence-corrected chi connectivity index (χ3v) is 4.70. The number of fused-ring (bicyclic) bond motifs is 1. The number of carbonyl (C=O) groups is 2. The quantitative estimate of drug-likeness (QED) is 0.851. The molecule has 4 heteroatoms. The molecule has 0 aromatic carbocycles. The first-order chi connectivity index (χ1) is 9.00. The molecule has 0 aromatic rings. The second-order valence-electron chi connectivity index (χ2n) is 6.42. The number of carbonyl (C=O) groups excluding carboxylic acids is 1. The fraction of sp³-hybridized carbons (Fsp3) is 0.867. The Labute approximate surface area is 115 Å². The van der Waals surface area contributed by atoms with Gasteiger partial charge in [-0.1, -0.05) is 20.3 Å². The van der Waals surface area contributed by atoms with E-state index >= 15 is 0 Å². The Morgan fingerprint density at radius 1 is 1.26 bits per heavy atom. The number of rotatable bonds is 4. The van der Waals surface area contributed by atoms with E-state index in [1.807, 2.05) is 4.90 Å². The van der Waals surface area contributed by atoms with Gasteiger partial charge in [-0.15, -0.1) is 0 Å². The molecule has 3 unspecified atom stereocenters. The molecular formula is C15H25NO3. The standard InChI is InChI=1S/C15H25NO3/c1-10(2)6-7-14(17)16-9-8-12(15(18)19)11-4-3-5-13(11)16/h10-13H,3-9H2,1-2H3,(H,18,19). The van der Waals surface area contributed by atoms with E-state index < -0.39 is 5.97 Å². The lowest BCUT2D eigenvalue weighted by Gasteiger charge is -2.41. The number of carboxylic acid groups (broad SMARTS) is 1. The minimum Gasteiger partial charge on any atom is -0.481 e. The Bertz CT molecular complexity index is 353. The molecule has 2 fully saturated rings. The zero-order chi connectivity index (χ0) is 14.0. The van der Waals surface area contributed by atoms with Crippen molar-refractivity contribution in [3.05, 3.63) is 0 Å². The van der Waals surface area contributed by atoms with Gasteiger partial charge in [0.05, 0.1) is 5.92 Å². The molecule has 1 aliphatic carbocycles. The van der Waals surface area contributed by atoms with Crippen LogP contribution >= 0.6 is 0 Å². The lowest BCUT2D eigenvalue weighted by molar-refractivity contribution is -0.151. The van der Waals surface area contributed by atoms with Gasteiger partial charge in [0.2, 0.25) is 5.91 Å². The number of piperidine rings is 1. The molecule has 1 N–H and O–H groups in total. The number of hydrogen-bond donors (Lipinski definition) is 1. The highest BCUT2D eigenvalue weighted by Crippen LogP contribution is 2.40. The topological polar surface area (TPSA) is 57.6 Å². The third-order valence-electron chi connectivity index (χ3n) is 4.70. The van der Waals surface area contributed by atoms with Crippen molar-refractivity contribution in [2.24, 2.45) is 17.8 Å². The van der Waals surface area contributed by atoms with E-state index in [2.05, 4.69) is 13.8 Å². The average molecular weight is 267 g/mol. The predicted molar refractivity (Wildman–Crippen MR) is 72.7 cm³/mol. The van der Waals surface area contributed by atoms with Crippen LogP contribution in [0.3, 0.4) is 0 Å². The van der Waals surface area contributed by atoms with Crippen molar-refractivity contribution in [3.63, 3.8) is 0 Å². The largest absolute Gasteiger partial charge is 0.481 e. The first-order valence-electron chi connectivity index (χ1n) is 7.53. The summed E-state index contributed by atoms with van der Waals surface area (Å²) in [5.41, 5.74) is 0. The molecule has 0 spiro atoms. The maximum Gasteiger partial charge on any atom is 0.306 e. The highest BCUT2D eigenvalue weighted by atomic mass is 16.4. The summed E-state index contributed by atoms with van der Waals surface area (Å²) in [6, 6.07) is 0.189. The van der Waals surface area contributed by atoms with Gasteiger partial charge in [-0.2, -0.15) is 0 Å². The molecule has 1 amide bonds. The zero-order valence-electron chi connectivity index (χ0n) is 12.0. The summed E-state index contributed by atoms with van der Waals surface area (Å²) < 4.78 is 0. The van der Waals surface area contributed by atoms with Crippen LogP contribution in [0.2, 0.25) is 0 Å². The van der Waals surface area contributed by atoms with E-state index in [1.54, 1.807) is 0 Å². The van der Waals surface area contributed by atoms with Crippen LogP contribution in [-0.4, -0.2) is 34.5 Å². The number of aliphatic carboxylic acids is 1. The van der Waals surface area contributed by atoms with Crippen molar-refractivity contribution in [1.82, 2.24) is 4.90 Å². The maximum atomic E-state index is 12.3. The lowest BCUT2D eigenvalue weighted by atomic mass is 9.81. The normalized spacial score (nSPS) is 30.5. The Hall–Kier alpha value is -1.06. The number of nitrogens with zero attached hydrogens (tertiary/aromatic N) is 1. The van der Waals surface area contributed by atoms with E-state index in [-0.39, 0.29) is 23.8 Å². The van der Waals surface area contributed by atoms with Crippen molar-refractivity contribution < 1.29 is 14.7 Å². The van der Waals surface area contributed by atoms with Crippen LogP contribution in [0.15, 0.2) is 0 Å². The summed E-state index contributed by atoms with van der Waals surface area (Å²) in [7, 11) is 0. The van der Waals surface area contributed by atoms with E-state index in [0.29, 0.717) is 25.3 Å². The fourth-order valence-electron chi connectivity index (χ4n) is 3.66. The Kier molecular flexibility index (Phi) is 4.48.